The lowest BCUT2D eigenvalue weighted by Gasteiger charge is -2.29. The van der Waals surface area contributed by atoms with Crippen LogP contribution in [0, 0.1) is 11.7 Å². The monoisotopic (exact) mass is 413 g/mol. The molecule has 158 valence electrons. The molecule has 1 aliphatic heterocycles. The summed E-state index contributed by atoms with van der Waals surface area (Å²) in [5.41, 5.74) is 3.03. The lowest BCUT2D eigenvalue weighted by atomic mass is 9.99. The number of carbonyl (C=O) groups excluding carboxylic acids is 2. The van der Waals surface area contributed by atoms with E-state index < -0.39 is 0 Å². The first-order chi connectivity index (χ1) is 14.5. The number of halogens is 1. The molecule has 2 aliphatic rings. The van der Waals surface area contributed by atoms with Gasteiger partial charge in [-0.15, -0.1) is 0 Å². The van der Waals surface area contributed by atoms with Crippen molar-refractivity contribution in [1.29, 1.82) is 0 Å². The van der Waals surface area contributed by atoms with E-state index in [0.29, 0.717) is 37.4 Å². The Bertz CT molecular complexity index is 959. The Kier molecular flexibility index (Phi) is 5.61. The van der Waals surface area contributed by atoms with Crippen LogP contribution in [0.2, 0.25) is 0 Å². The van der Waals surface area contributed by atoms with Crippen molar-refractivity contribution >= 4 is 11.9 Å². The van der Waals surface area contributed by atoms with Crippen LogP contribution in [0.4, 0.5) is 4.39 Å². The number of esters is 1. The molecule has 30 heavy (non-hydrogen) atoms. The largest absolute Gasteiger partial charge is 0.493 e. The number of benzene rings is 2. The van der Waals surface area contributed by atoms with E-state index >= 15 is 0 Å². The fraction of sp³-hybridized carbons (Fsp3) is 0.391. The summed E-state index contributed by atoms with van der Waals surface area (Å²) in [7, 11) is 3.17. The van der Waals surface area contributed by atoms with E-state index in [-0.39, 0.29) is 36.1 Å². The molecule has 0 aromatic heterocycles. The van der Waals surface area contributed by atoms with Gasteiger partial charge in [0, 0.05) is 13.1 Å². The number of fused-ring (bicyclic) bond motifs is 1. The lowest BCUT2D eigenvalue weighted by molar-refractivity contribution is -0.153. The molecule has 1 saturated carbocycles. The third-order valence-corrected chi connectivity index (χ3v) is 5.80. The van der Waals surface area contributed by atoms with Crippen LogP contribution in [-0.2, 0) is 27.3 Å². The highest BCUT2D eigenvalue weighted by Crippen LogP contribution is 2.48. The zero-order valence-corrected chi connectivity index (χ0v) is 17.0. The van der Waals surface area contributed by atoms with E-state index in [9.17, 15) is 14.0 Å². The van der Waals surface area contributed by atoms with Crippen molar-refractivity contribution < 1.29 is 28.2 Å². The molecular weight excluding hydrogens is 389 g/mol. The normalized spacial score (nSPS) is 19.6. The predicted octanol–water partition coefficient (Wildman–Crippen LogP) is 3.07. The molecule has 0 radical (unpaired) electrons. The van der Waals surface area contributed by atoms with Crippen LogP contribution in [-0.4, -0.2) is 44.1 Å². The van der Waals surface area contributed by atoms with Gasteiger partial charge in [-0.2, -0.15) is 0 Å². The maximum atomic E-state index is 13.0. The first-order valence-corrected chi connectivity index (χ1v) is 9.93. The second-order valence-corrected chi connectivity index (χ2v) is 7.65. The topological polar surface area (TPSA) is 65.1 Å². The summed E-state index contributed by atoms with van der Waals surface area (Å²) < 4.78 is 29.0. The fourth-order valence-electron chi connectivity index (χ4n) is 3.96. The summed E-state index contributed by atoms with van der Waals surface area (Å²) in [6.07, 6.45) is 1.36. The van der Waals surface area contributed by atoms with Gasteiger partial charge >= 0.3 is 5.97 Å². The Hall–Kier alpha value is -3.09. The number of hydrogen-bond acceptors (Lipinski definition) is 5. The molecule has 1 fully saturated rings. The molecule has 7 heteroatoms. The first kappa shape index (κ1) is 20.2. The zero-order chi connectivity index (χ0) is 21.3. The van der Waals surface area contributed by atoms with Gasteiger partial charge in [-0.05, 0) is 59.7 Å². The molecule has 1 amide bonds. The van der Waals surface area contributed by atoms with E-state index in [4.69, 9.17) is 14.2 Å². The van der Waals surface area contributed by atoms with Gasteiger partial charge in [0.25, 0.3) is 5.91 Å². The van der Waals surface area contributed by atoms with Gasteiger partial charge in [0.2, 0.25) is 0 Å². The molecule has 0 N–H and O–H groups in total. The van der Waals surface area contributed by atoms with E-state index in [0.717, 1.165) is 16.7 Å². The molecule has 2 aromatic carbocycles. The Morgan fingerprint density at radius 3 is 2.40 bits per heavy atom. The smallest absolute Gasteiger partial charge is 0.310 e. The van der Waals surface area contributed by atoms with E-state index in [1.807, 2.05) is 12.1 Å². The van der Waals surface area contributed by atoms with Crippen LogP contribution < -0.4 is 9.47 Å². The highest BCUT2D eigenvalue weighted by molar-refractivity contribution is 5.83. The van der Waals surface area contributed by atoms with E-state index in [1.54, 1.807) is 31.3 Å². The summed E-state index contributed by atoms with van der Waals surface area (Å²) in [6, 6.07) is 9.98. The molecule has 6 nitrogen and oxygen atoms in total. The molecular formula is C23H24FNO5. The minimum Gasteiger partial charge on any atom is -0.493 e. The number of rotatable bonds is 6. The first-order valence-electron chi connectivity index (χ1n) is 9.93. The Labute approximate surface area is 174 Å². The maximum absolute atomic E-state index is 13.0. The van der Waals surface area contributed by atoms with E-state index in [2.05, 4.69) is 0 Å². The highest BCUT2D eigenvalue weighted by atomic mass is 19.1. The molecule has 0 spiro atoms. The molecule has 1 heterocycles. The molecule has 0 saturated heterocycles. The van der Waals surface area contributed by atoms with Crippen LogP contribution in [0.15, 0.2) is 36.4 Å². The molecule has 2 unspecified atom stereocenters. The van der Waals surface area contributed by atoms with Crippen molar-refractivity contribution in [3.8, 4) is 11.5 Å². The average Bonchev–Trinajstić information content (AvgIpc) is 3.57. The molecule has 4 rings (SSSR count). The van der Waals surface area contributed by atoms with Gasteiger partial charge < -0.3 is 19.1 Å². The Morgan fingerprint density at radius 2 is 1.73 bits per heavy atom. The highest BCUT2D eigenvalue weighted by Gasteiger charge is 2.45. The number of carbonyl (C=O) groups is 2. The van der Waals surface area contributed by atoms with Crippen molar-refractivity contribution in [1.82, 2.24) is 4.90 Å². The van der Waals surface area contributed by atoms with Crippen molar-refractivity contribution in [2.75, 3.05) is 27.4 Å². The van der Waals surface area contributed by atoms with Gasteiger partial charge in [-0.1, -0.05) is 12.1 Å². The number of methoxy groups -OCH3 is 2. The van der Waals surface area contributed by atoms with Crippen LogP contribution in [0.25, 0.3) is 0 Å². The second kappa shape index (κ2) is 8.34. The van der Waals surface area contributed by atoms with E-state index in [1.165, 1.54) is 12.1 Å². The van der Waals surface area contributed by atoms with Crippen molar-refractivity contribution in [2.24, 2.45) is 5.92 Å². The number of hydrogen-bond donors (Lipinski definition) is 0. The predicted molar refractivity (Wildman–Crippen MR) is 107 cm³/mol. The quantitative estimate of drug-likeness (QED) is 0.681. The Balaban J connectivity index is 1.31. The van der Waals surface area contributed by atoms with Gasteiger partial charge in [0.1, 0.15) is 5.82 Å². The third-order valence-electron chi connectivity index (χ3n) is 5.80. The summed E-state index contributed by atoms with van der Waals surface area (Å²) in [4.78, 5) is 26.6. The van der Waals surface area contributed by atoms with Gasteiger partial charge in [0.15, 0.2) is 18.1 Å². The van der Waals surface area contributed by atoms with Crippen LogP contribution in [0.5, 0.6) is 11.5 Å². The summed E-state index contributed by atoms with van der Waals surface area (Å²) in [5, 5.41) is 0. The lowest BCUT2D eigenvalue weighted by Crippen LogP contribution is -2.38. The van der Waals surface area contributed by atoms with Crippen molar-refractivity contribution in [2.45, 2.75) is 25.3 Å². The maximum Gasteiger partial charge on any atom is 0.310 e. The summed E-state index contributed by atoms with van der Waals surface area (Å²) >= 11 is 0. The van der Waals surface area contributed by atoms with Crippen molar-refractivity contribution in [3.05, 3.63) is 58.9 Å². The fourth-order valence-corrected chi connectivity index (χ4v) is 3.96. The average molecular weight is 413 g/mol. The Morgan fingerprint density at radius 1 is 1.07 bits per heavy atom. The zero-order valence-electron chi connectivity index (χ0n) is 17.0. The second-order valence-electron chi connectivity index (χ2n) is 7.65. The standard InChI is InChI=1S/C23H24FNO5/c1-28-20-9-15-7-8-25(12-16(15)10-21(20)29-2)22(26)13-30-23(27)19-11-18(19)14-3-5-17(24)6-4-14/h3-6,9-10,18-19H,7-8,11-13H2,1-2H3. The molecule has 1 aliphatic carbocycles. The number of amides is 1. The molecule has 2 atom stereocenters. The van der Waals surface area contributed by atoms with Crippen LogP contribution >= 0.6 is 0 Å². The minimum absolute atomic E-state index is 0.0394. The van der Waals surface area contributed by atoms with Crippen LogP contribution in [0.3, 0.4) is 0 Å². The molecule has 0 bridgehead atoms. The van der Waals surface area contributed by atoms with Gasteiger partial charge in [0.05, 0.1) is 20.1 Å². The number of ether oxygens (including phenoxy) is 3. The van der Waals surface area contributed by atoms with Crippen LogP contribution in [0.1, 0.15) is 29.0 Å². The van der Waals surface area contributed by atoms with Gasteiger partial charge in [-0.3, -0.25) is 9.59 Å². The van der Waals surface area contributed by atoms with Gasteiger partial charge in [-0.25, -0.2) is 4.39 Å². The summed E-state index contributed by atoms with van der Waals surface area (Å²) in [6.45, 7) is 0.725. The van der Waals surface area contributed by atoms with Crippen molar-refractivity contribution in [3.63, 3.8) is 0 Å². The number of nitrogens with zero attached hydrogens (tertiary/aromatic N) is 1. The SMILES string of the molecule is COc1cc2c(cc1OC)CN(C(=O)COC(=O)C1CC1c1ccc(F)cc1)CC2. The third kappa shape index (κ3) is 4.10. The summed E-state index contributed by atoms with van der Waals surface area (Å²) in [5.74, 6) is 0.176. The molecule has 2 aromatic rings. The minimum atomic E-state index is -0.374.